The van der Waals surface area contributed by atoms with Gasteiger partial charge in [-0.05, 0) is 43.7 Å². The predicted octanol–water partition coefficient (Wildman–Crippen LogP) is 3.59. The van der Waals surface area contributed by atoms with Crippen molar-refractivity contribution >= 4 is 17.5 Å². The fraction of sp³-hybridized carbons (Fsp3) is 0.217. The average Bonchev–Trinajstić information content (AvgIpc) is 3.43. The number of pyridine rings is 2. The molecule has 1 fully saturated rings. The number of aryl methyl sites for hydroxylation is 1. The van der Waals surface area contributed by atoms with Crippen LogP contribution in [0.1, 0.15) is 23.8 Å². The Hall–Kier alpha value is -4.14. The van der Waals surface area contributed by atoms with Gasteiger partial charge in [0.1, 0.15) is 17.4 Å². The summed E-state index contributed by atoms with van der Waals surface area (Å²) in [5.74, 6) is 0.801. The quantitative estimate of drug-likeness (QED) is 0.515. The third kappa shape index (κ3) is 3.80. The van der Waals surface area contributed by atoms with Crippen molar-refractivity contribution in [2.45, 2.75) is 19.3 Å². The lowest BCUT2D eigenvalue weighted by Gasteiger charge is -2.08. The van der Waals surface area contributed by atoms with Gasteiger partial charge in [0.05, 0.1) is 28.5 Å². The monoisotopic (exact) mass is 427 g/mol. The summed E-state index contributed by atoms with van der Waals surface area (Å²) in [7, 11) is 1.80. The van der Waals surface area contributed by atoms with Gasteiger partial charge >= 0.3 is 0 Å². The summed E-state index contributed by atoms with van der Waals surface area (Å²) in [6, 6.07) is 13.0. The highest BCUT2D eigenvalue weighted by molar-refractivity contribution is 5.85. The zero-order valence-corrected chi connectivity index (χ0v) is 17.7. The Morgan fingerprint density at radius 3 is 2.59 bits per heavy atom. The van der Waals surface area contributed by atoms with Gasteiger partial charge in [0.25, 0.3) is 0 Å². The van der Waals surface area contributed by atoms with Crippen molar-refractivity contribution in [3.8, 4) is 22.8 Å². The van der Waals surface area contributed by atoms with Gasteiger partial charge in [-0.15, -0.1) is 0 Å². The lowest BCUT2D eigenvalue weighted by molar-refractivity contribution is -0.128. The summed E-state index contributed by atoms with van der Waals surface area (Å²) < 4.78 is 5.48. The molecule has 0 aromatic carbocycles. The zero-order chi connectivity index (χ0) is 22.1. The van der Waals surface area contributed by atoms with Crippen LogP contribution in [0.15, 0.2) is 59.4 Å². The van der Waals surface area contributed by atoms with Crippen molar-refractivity contribution in [2.75, 3.05) is 18.9 Å². The zero-order valence-electron chi connectivity index (χ0n) is 17.7. The predicted molar refractivity (Wildman–Crippen MR) is 118 cm³/mol. The summed E-state index contributed by atoms with van der Waals surface area (Å²) in [4.78, 5) is 31.9. The number of aromatic nitrogens is 5. The van der Waals surface area contributed by atoms with Gasteiger partial charge < -0.3 is 14.7 Å². The highest BCUT2D eigenvalue weighted by Crippen LogP contribution is 2.31. The average molecular weight is 427 g/mol. The van der Waals surface area contributed by atoms with E-state index in [4.69, 9.17) is 9.51 Å². The molecule has 4 aromatic heterocycles. The smallest absolute Gasteiger partial charge is 0.233 e. The molecule has 1 aliphatic rings. The van der Waals surface area contributed by atoms with E-state index in [0.717, 1.165) is 24.3 Å². The fourth-order valence-corrected chi connectivity index (χ4v) is 3.68. The van der Waals surface area contributed by atoms with E-state index >= 15 is 0 Å². The lowest BCUT2D eigenvalue weighted by atomic mass is 10.0. The van der Waals surface area contributed by atoms with Crippen molar-refractivity contribution < 1.29 is 9.32 Å². The summed E-state index contributed by atoms with van der Waals surface area (Å²) in [5.41, 5.74) is 4.28. The van der Waals surface area contributed by atoms with Gasteiger partial charge in [0.15, 0.2) is 0 Å². The lowest BCUT2D eigenvalue weighted by Crippen LogP contribution is -2.21. The van der Waals surface area contributed by atoms with Crippen LogP contribution < -0.4 is 5.32 Å². The molecule has 1 N–H and O–H groups in total. The molecule has 9 nitrogen and oxygen atoms in total. The van der Waals surface area contributed by atoms with Crippen LogP contribution in [0.4, 0.5) is 11.6 Å². The van der Waals surface area contributed by atoms with Crippen molar-refractivity contribution in [2.24, 2.45) is 0 Å². The van der Waals surface area contributed by atoms with E-state index in [1.54, 1.807) is 36.5 Å². The number of anilines is 2. The topological polar surface area (TPSA) is 110 Å². The van der Waals surface area contributed by atoms with E-state index in [1.165, 1.54) is 0 Å². The maximum absolute atomic E-state index is 12.3. The molecule has 1 unspecified atom stereocenters. The number of hydrogen-bond donors (Lipinski definition) is 1. The largest absolute Gasteiger partial charge is 0.360 e. The second kappa shape index (κ2) is 8.18. The van der Waals surface area contributed by atoms with Crippen LogP contribution in [0.5, 0.6) is 0 Å². The molecule has 32 heavy (non-hydrogen) atoms. The molecule has 1 aliphatic heterocycles. The number of likely N-dealkylation sites (tertiary alicyclic amines) is 1. The standard InChI is InChI=1S/C23H21N7O2/c1-14-16(7-4-10-24-14)27-23-25-11-8-19(28-23)17-5-3-6-18(26-17)20-13-21(32-29-20)15-9-12-30(2)22(15)31/h3-8,10-11,13,15H,9,12H2,1-2H3,(H,25,27,28). The second-order valence-electron chi connectivity index (χ2n) is 7.65. The molecule has 1 saturated heterocycles. The van der Waals surface area contributed by atoms with Crippen molar-refractivity contribution in [1.82, 2.24) is 30.0 Å². The molecular formula is C23H21N7O2. The van der Waals surface area contributed by atoms with E-state index in [-0.39, 0.29) is 11.8 Å². The number of nitrogens with one attached hydrogen (secondary N) is 1. The Bertz CT molecular complexity index is 1290. The molecule has 0 radical (unpaired) electrons. The number of nitrogens with zero attached hydrogens (tertiary/aromatic N) is 6. The summed E-state index contributed by atoms with van der Waals surface area (Å²) in [5, 5.41) is 7.34. The minimum atomic E-state index is -0.282. The molecule has 5 heterocycles. The molecule has 0 saturated carbocycles. The number of rotatable bonds is 5. The first-order valence-electron chi connectivity index (χ1n) is 10.3. The van der Waals surface area contributed by atoms with Crippen LogP contribution in [0.25, 0.3) is 22.8 Å². The van der Waals surface area contributed by atoms with Crippen LogP contribution in [0.2, 0.25) is 0 Å². The first-order chi connectivity index (χ1) is 15.6. The third-order valence-electron chi connectivity index (χ3n) is 5.48. The normalized spacial score (nSPS) is 15.9. The minimum absolute atomic E-state index is 0.0549. The second-order valence-corrected chi connectivity index (χ2v) is 7.65. The molecule has 5 rings (SSSR count). The van der Waals surface area contributed by atoms with Gasteiger partial charge in [0, 0.05) is 32.1 Å². The van der Waals surface area contributed by atoms with Crippen LogP contribution >= 0.6 is 0 Å². The van der Waals surface area contributed by atoms with E-state index in [0.29, 0.717) is 34.5 Å². The first-order valence-corrected chi connectivity index (χ1v) is 10.3. The minimum Gasteiger partial charge on any atom is -0.360 e. The number of hydrogen-bond acceptors (Lipinski definition) is 8. The van der Waals surface area contributed by atoms with Gasteiger partial charge in [-0.1, -0.05) is 11.2 Å². The molecule has 0 aliphatic carbocycles. The molecule has 1 amide bonds. The Balaban J connectivity index is 1.40. The van der Waals surface area contributed by atoms with Crippen molar-refractivity contribution in [1.29, 1.82) is 0 Å². The fourth-order valence-electron chi connectivity index (χ4n) is 3.68. The Labute approximate surface area is 184 Å². The van der Waals surface area contributed by atoms with Gasteiger partial charge in [-0.2, -0.15) is 0 Å². The van der Waals surface area contributed by atoms with E-state index < -0.39 is 0 Å². The highest BCUT2D eigenvalue weighted by Gasteiger charge is 2.33. The van der Waals surface area contributed by atoms with Crippen LogP contribution in [-0.2, 0) is 4.79 Å². The number of carbonyl (C=O) groups excluding carboxylic acids is 1. The molecule has 0 spiro atoms. The SMILES string of the molecule is Cc1ncccc1Nc1nccc(-c2cccc(-c3cc(C4CCN(C)C4=O)on3)n2)n1. The van der Waals surface area contributed by atoms with Crippen LogP contribution in [0.3, 0.4) is 0 Å². The molecule has 160 valence electrons. The molecule has 4 aromatic rings. The van der Waals surface area contributed by atoms with Gasteiger partial charge in [0.2, 0.25) is 11.9 Å². The Kier molecular flexibility index (Phi) is 5.06. The molecule has 0 bridgehead atoms. The highest BCUT2D eigenvalue weighted by atomic mass is 16.5. The van der Waals surface area contributed by atoms with Gasteiger partial charge in [-0.3, -0.25) is 9.78 Å². The number of carbonyl (C=O) groups is 1. The van der Waals surface area contributed by atoms with Crippen LogP contribution in [0, 0.1) is 6.92 Å². The van der Waals surface area contributed by atoms with E-state index in [2.05, 4.69) is 25.4 Å². The first kappa shape index (κ1) is 19.8. The van der Waals surface area contributed by atoms with Gasteiger partial charge in [-0.25, -0.2) is 15.0 Å². The maximum atomic E-state index is 12.3. The third-order valence-corrected chi connectivity index (χ3v) is 5.48. The summed E-state index contributed by atoms with van der Waals surface area (Å²) in [6.07, 6.45) is 4.15. The Morgan fingerprint density at radius 1 is 1.00 bits per heavy atom. The van der Waals surface area contributed by atoms with Crippen molar-refractivity contribution in [3.05, 3.63) is 66.3 Å². The van der Waals surface area contributed by atoms with Crippen molar-refractivity contribution in [3.63, 3.8) is 0 Å². The number of likely N-dealkylation sites (N-methyl/N-ethyl adjacent to an activating group) is 1. The molecule has 9 heteroatoms. The van der Waals surface area contributed by atoms with Crippen LogP contribution in [-0.4, -0.2) is 49.5 Å². The molecule has 1 atom stereocenters. The summed E-state index contributed by atoms with van der Waals surface area (Å²) in [6.45, 7) is 2.64. The summed E-state index contributed by atoms with van der Waals surface area (Å²) >= 11 is 0. The number of amides is 1. The molecular weight excluding hydrogens is 406 g/mol. The maximum Gasteiger partial charge on any atom is 0.233 e. The van der Waals surface area contributed by atoms with E-state index in [1.807, 2.05) is 37.3 Å². The van der Waals surface area contributed by atoms with E-state index in [9.17, 15) is 4.79 Å². The Morgan fingerprint density at radius 2 is 1.81 bits per heavy atom.